The lowest BCUT2D eigenvalue weighted by Crippen LogP contribution is -2.44. The molecule has 0 radical (unpaired) electrons. The third-order valence-electron chi connectivity index (χ3n) is 5.19. The fourth-order valence-electron chi connectivity index (χ4n) is 4.06. The molecule has 4 heteroatoms. The molecule has 1 aromatic heterocycles. The topological polar surface area (TPSA) is 25.2 Å². The van der Waals surface area contributed by atoms with E-state index in [0.717, 1.165) is 36.5 Å². The zero-order chi connectivity index (χ0) is 15.8. The Bertz CT molecular complexity index is 718. The van der Waals surface area contributed by atoms with Crippen LogP contribution in [-0.2, 0) is 11.3 Å². The molecule has 0 spiro atoms. The molecule has 0 N–H and O–H groups in total. The number of halogens is 1. The van der Waals surface area contributed by atoms with E-state index in [9.17, 15) is 4.79 Å². The summed E-state index contributed by atoms with van der Waals surface area (Å²) >= 11 is 6.21. The highest BCUT2D eigenvalue weighted by molar-refractivity contribution is 6.30. The van der Waals surface area contributed by atoms with E-state index >= 15 is 0 Å². The van der Waals surface area contributed by atoms with Crippen LogP contribution in [0, 0.1) is 5.92 Å². The van der Waals surface area contributed by atoms with Gasteiger partial charge in [0, 0.05) is 35.9 Å². The van der Waals surface area contributed by atoms with Gasteiger partial charge in [0.2, 0.25) is 5.91 Å². The van der Waals surface area contributed by atoms with E-state index in [1.54, 1.807) is 0 Å². The first kappa shape index (κ1) is 14.8. The van der Waals surface area contributed by atoms with Gasteiger partial charge in [0.05, 0.1) is 6.04 Å². The van der Waals surface area contributed by atoms with Crippen LogP contribution in [0.2, 0.25) is 5.02 Å². The predicted molar refractivity (Wildman–Crippen MR) is 91.4 cm³/mol. The molecule has 0 unspecified atom stereocenters. The smallest absolute Gasteiger partial charge is 0.226 e. The average molecular weight is 329 g/mol. The van der Waals surface area contributed by atoms with Gasteiger partial charge in [-0.2, -0.15) is 0 Å². The lowest BCUT2D eigenvalue weighted by atomic mass is 9.97. The SMILES string of the molecule is O=C(C1CCCC1)N1CCn2cccc2[C@H]1c1cccc(Cl)c1. The molecule has 1 fully saturated rings. The monoisotopic (exact) mass is 328 g/mol. The van der Waals surface area contributed by atoms with Crippen molar-refractivity contribution in [1.82, 2.24) is 9.47 Å². The van der Waals surface area contributed by atoms with Crippen LogP contribution in [0.3, 0.4) is 0 Å². The maximum Gasteiger partial charge on any atom is 0.226 e. The normalized spacial score (nSPS) is 21.4. The standard InChI is InChI=1S/C19H21ClN2O/c20-16-8-3-7-15(13-16)18-17-9-4-10-21(17)11-12-22(18)19(23)14-5-1-2-6-14/h3-4,7-10,13-14,18H,1-2,5-6,11-12H2/t18-/m1/s1. The molecule has 0 bridgehead atoms. The lowest BCUT2D eigenvalue weighted by molar-refractivity contribution is -0.138. The minimum Gasteiger partial charge on any atom is -0.348 e. The maximum absolute atomic E-state index is 13.1. The summed E-state index contributed by atoms with van der Waals surface area (Å²) < 4.78 is 2.25. The van der Waals surface area contributed by atoms with Crippen LogP contribution in [0.25, 0.3) is 0 Å². The first-order chi connectivity index (χ1) is 11.2. The van der Waals surface area contributed by atoms with Crippen molar-refractivity contribution in [1.29, 1.82) is 0 Å². The van der Waals surface area contributed by atoms with Gasteiger partial charge in [-0.25, -0.2) is 0 Å². The summed E-state index contributed by atoms with van der Waals surface area (Å²) in [6.45, 7) is 1.64. The van der Waals surface area contributed by atoms with E-state index in [1.165, 1.54) is 18.5 Å². The van der Waals surface area contributed by atoms with E-state index in [0.29, 0.717) is 5.91 Å². The number of amides is 1. The van der Waals surface area contributed by atoms with Crippen LogP contribution < -0.4 is 0 Å². The van der Waals surface area contributed by atoms with Crippen LogP contribution in [-0.4, -0.2) is 21.9 Å². The number of hydrogen-bond donors (Lipinski definition) is 0. The van der Waals surface area contributed by atoms with Crippen molar-refractivity contribution in [2.24, 2.45) is 5.92 Å². The molecular formula is C19H21ClN2O. The summed E-state index contributed by atoms with van der Waals surface area (Å²) in [7, 11) is 0. The van der Waals surface area contributed by atoms with E-state index < -0.39 is 0 Å². The van der Waals surface area contributed by atoms with Gasteiger partial charge in [-0.05, 0) is 42.7 Å². The number of rotatable bonds is 2. The van der Waals surface area contributed by atoms with Crippen LogP contribution >= 0.6 is 11.6 Å². The minimum atomic E-state index is -0.0226. The van der Waals surface area contributed by atoms with Crippen molar-refractivity contribution in [3.05, 3.63) is 58.9 Å². The van der Waals surface area contributed by atoms with Gasteiger partial charge in [0.25, 0.3) is 0 Å². The first-order valence-corrected chi connectivity index (χ1v) is 8.83. The second kappa shape index (κ2) is 6.04. The highest BCUT2D eigenvalue weighted by Crippen LogP contribution is 2.36. The number of fused-ring (bicyclic) bond motifs is 1. The molecule has 2 aromatic rings. The second-order valence-corrected chi connectivity index (χ2v) is 7.03. The summed E-state index contributed by atoms with van der Waals surface area (Å²) in [6.07, 6.45) is 6.55. The van der Waals surface area contributed by atoms with E-state index in [1.807, 2.05) is 18.2 Å². The Labute approximate surface area is 141 Å². The molecule has 2 heterocycles. The van der Waals surface area contributed by atoms with Gasteiger partial charge < -0.3 is 9.47 Å². The van der Waals surface area contributed by atoms with Crippen LogP contribution in [0.4, 0.5) is 0 Å². The highest BCUT2D eigenvalue weighted by atomic mass is 35.5. The Morgan fingerprint density at radius 2 is 1.91 bits per heavy atom. The lowest BCUT2D eigenvalue weighted by Gasteiger charge is -2.38. The molecule has 1 aromatic carbocycles. The van der Waals surface area contributed by atoms with E-state index in [-0.39, 0.29) is 12.0 Å². The fraction of sp³-hybridized carbons (Fsp3) is 0.421. The van der Waals surface area contributed by atoms with Gasteiger partial charge in [-0.1, -0.05) is 36.6 Å². The Morgan fingerprint density at radius 1 is 1.09 bits per heavy atom. The summed E-state index contributed by atoms with van der Waals surface area (Å²) in [5.41, 5.74) is 2.29. The average Bonchev–Trinajstić information content (AvgIpc) is 3.24. The fourth-order valence-corrected chi connectivity index (χ4v) is 4.25. The largest absolute Gasteiger partial charge is 0.348 e. The van der Waals surface area contributed by atoms with Crippen molar-refractivity contribution >= 4 is 17.5 Å². The number of carbonyl (C=O) groups is 1. The molecule has 1 aliphatic carbocycles. The zero-order valence-electron chi connectivity index (χ0n) is 13.1. The Balaban J connectivity index is 1.74. The highest BCUT2D eigenvalue weighted by Gasteiger charge is 2.36. The molecule has 1 amide bonds. The van der Waals surface area contributed by atoms with Gasteiger partial charge in [0.1, 0.15) is 0 Å². The molecular weight excluding hydrogens is 308 g/mol. The van der Waals surface area contributed by atoms with Crippen LogP contribution in [0.15, 0.2) is 42.6 Å². The van der Waals surface area contributed by atoms with Crippen LogP contribution in [0.1, 0.15) is 43.0 Å². The van der Waals surface area contributed by atoms with Crippen LogP contribution in [0.5, 0.6) is 0 Å². The summed E-state index contributed by atoms with van der Waals surface area (Å²) in [4.78, 5) is 15.2. The number of benzene rings is 1. The van der Waals surface area contributed by atoms with Crippen molar-refractivity contribution < 1.29 is 4.79 Å². The molecule has 1 atom stereocenters. The van der Waals surface area contributed by atoms with E-state index in [2.05, 4.69) is 33.9 Å². The summed E-state index contributed by atoms with van der Waals surface area (Å²) in [6, 6.07) is 12.1. The molecule has 3 nitrogen and oxygen atoms in total. The van der Waals surface area contributed by atoms with Gasteiger partial charge in [0.15, 0.2) is 0 Å². The zero-order valence-corrected chi connectivity index (χ0v) is 13.9. The van der Waals surface area contributed by atoms with Crippen molar-refractivity contribution in [3.63, 3.8) is 0 Å². The van der Waals surface area contributed by atoms with Gasteiger partial charge in [-0.15, -0.1) is 0 Å². The van der Waals surface area contributed by atoms with E-state index in [4.69, 9.17) is 11.6 Å². The molecule has 0 saturated heterocycles. The number of aromatic nitrogens is 1. The summed E-state index contributed by atoms with van der Waals surface area (Å²) in [5.74, 6) is 0.526. The number of hydrogen-bond acceptors (Lipinski definition) is 1. The van der Waals surface area contributed by atoms with Gasteiger partial charge in [-0.3, -0.25) is 4.79 Å². The number of carbonyl (C=O) groups excluding carboxylic acids is 1. The third-order valence-corrected chi connectivity index (χ3v) is 5.43. The second-order valence-electron chi connectivity index (χ2n) is 6.60. The Morgan fingerprint density at radius 3 is 2.70 bits per heavy atom. The molecule has 2 aliphatic rings. The first-order valence-electron chi connectivity index (χ1n) is 8.45. The molecule has 23 heavy (non-hydrogen) atoms. The van der Waals surface area contributed by atoms with Crippen molar-refractivity contribution in [2.45, 2.75) is 38.3 Å². The van der Waals surface area contributed by atoms with Crippen molar-refractivity contribution in [2.75, 3.05) is 6.54 Å². The van der Waals surface area contributed by atoms with Gasteiger partial charge >= 0.3 is 0 Å². The number of nitrogens with zero attached hydrogens (tertiary/aromatic N) is 2. The predicted octanol–water partition coefficient (Wildman–Crippen LogP) is 4.26. The third kappa shape index (κ3) is 2.67. The molecule has 120 valence electrons. The maximum atomic E-state index is 13.1. The quantitative estimate of drug-likeness (QED) is 0.808. The minimum absolute atomic E-state index is 0.0226. The Kier molecular flexibility index (Phi) is 3.90. The Hall–Kier alpha value is -1.74. The molecule has 1 aliphatic heterocycles. The molecule has 1 saturated carbocycles. The molecule has 4 rings (SSSR count). The summed E-state index contributed by atoms with van der Waals surface area (Å²) in [5, 5.41) is 0.722. The van der Waals surface area contributed by atoms with Crippen molar-refractivity contribution in [3.8, 4) is 0 Å².